The second-order valence-corrected chi connectivity index (χ2v) is 9.98. The number of likely N-dealkylation sites (N-methyl/N-ethyl adjacent to an activating group) is 1. The SMILES string of the molecule is Cc1cc(C)c(NC(=O)CN(C)Cc2nc(-c3cc(C)n(-c4cc(C)on4)c3C)cs2)c(C)c1. The summed E-state index contributed by atoms with van der Waals surface area (Å²) in [5, 5.41) is 10.3. The number of amides is 1. The number of thiazole rings is 1. The lowest BCUT2D eigenvalue weighted by Gasteiger charge is -2.17. The number of rotatable bonds is 7. The average molecular weight is 478 g/mol. The molecule has 1 amide bonds. The molecule has 0 unspecified atom stereocenters. The van der Waals surface area contributed by atoms with Crippen molar-refractivity contribution in [2.75, 3.05) is 18.9 Å². The zero-order chi connectivity index (χ0) is 24.6. The fourth-order valence-corrected chi connectivity index (χ4v) is 5.30. The van der Waals surface area contributed by atoms with Crippen molar-refractivity contribution < 1.29 is 9.32 Å². The normalized spacial score (nSPS) is 11.4. The van der Waals surface area contributed by atoms with Crippen LogP contribution in [0.1, 0.15) is 38.8 Å². The Kier molecular flexibility index (Phi) is 6.72. The number of anilines is 1. The monoisotopic (exact) mass is 477 g/mol. The van der Waals surface area contributed by atoms with E-state index in [4.69, 9.17) is 9.51 Å². The molecule has 0 aliphatic carbocycles. The Labute approximate surface area is 204 Å². The van der Waals surface area contributed by atoms with E-state index < -0.39 is 0 Å². The van der Waals surface area contributed by atoms with E-state index >= 15 is 0 Å². The number of nitrogens with zero attached hydrogens (tertiary/aromatic N) is 4. The number of aromatic nitrogens is 3. The molecule has 0 bridgehead atoms. The number of hydrogen-bond donors (Lipinski definition) is 1. The highest BCUT2D eigenvalue weighted by molar-refractivity contribution is 7.09. The Balaban J connectivity index is 1.43. The molecule has 0 atom stereocenters. The first kappa shape index (κ1) is 23.9. The Morgan fingerprint density at radius 3 is 2.44 bits per heavy atom. The van der Waals surface area contributed by atoms with Crippen molar-refractivity contribution in [1.29, 1.82) is 0 Å². The fourth-order valence-electron chi connectivity index (χ4n) is 4.43. The van der Waals surface area contributed by atoms with Crippen LogP contribution in [0, 0.1) is 41.5 Å². The van der Waals surface area contributed by atoms with Crippen LogP contribution in [-0.2, 0) is 11.3 Å². The third-order valence-electron chi connectivity index (χ3n) is 5.86. The molecule has 34 heavy (non-hydrogen) atoms. The molecule has 7 nitrogen and oxygen atoms in total. The van der Waals surface area contributed by atoms with Crippen molar-refractivity contribution in [3.05, 3.63) is 68.5 Å². The zero-order valence-corrected chi connectivity index (χ0v) is 21.6. The van der Waals surface area contributed by atoms with E-state index in [-0.39, 0.29) is 5.91 Å². The smallest absolute Gasteiger partial charge is 0.238 e. The van der Waals surface area contributed by atoms with Gasteiger partial charge in [-0.05, 0) is 65.8 Å². The molecular weight excluding hydrogens is 446 g/mol. The number of benzene rings is 1. The van der Waals surface area contributed by atoms with Gasteiger partial charge in [0, 0.05) is 34.1 Å². The third-order valence-corrected chi connectivity index (χ3v) is 6.70. The molecule has 3 aromatic heterocycles. The quantitative estimate of drug-likeness (QED) is 0.380. The van der Waals surface area contributed by atoms with Crippen LogP contribution in [0.3, 0.4) is 0 Å². The van der Waals surface area contributed by atoms with Crippen molar-refractivity contribution in [3.8, 4) is 17.1 Å². The maximum absolute atomic E-state index is 12.7. The minimum Gasteiger partial charge on any atom is -0.360 e. The van der Waals surface area contributed by atoms with Crippen molar-refractivity contribution in [3.63, 3.8) is 0 Å². The van der Waals surface area contributed by atoms with Gasteiger partial charge in [-0.2, -0.15) is 0 Å². The Hall–Kier alpha value is -3.23. The lowest BCUT2D eigenvalue weighted by atomic mass is 10.1. The fraction of sp³-hybridized carbons (Fsp3) is 0.346. The first-order valence-corrected chi connectivity index (χ1v) is 12.1. The average Bonchev–Trinajstić information content (AvgIpc) is 3.44. The molecule has 1 N–H and O–H groups in total. The first-order chi connectivity index (χ1) is 16.1. The molecule has 0 aliphatic rings. The lowest BCUT2D eigenvalue weighted by Crippen LogP contribution is -2.30. The molecule has 1 aromatic carbocycles. The second-order valence-electron chi connectivity index (χ2n) is 9.04. The van der Waals surface area contributed by atoms with Crippen LogP contribution in [-0.4, -0.2) is 39.1 Å². The molecule has 4 rings (SSSR count). The minimum absolute atomic E-state index is 0.0271. The number of nitrogens with one attached hydrogen (secondary N) is 1. The van der Waals surface area contributed by atoms with E-state index in [2.05, 4.69) is 59.4 Å². The summed E-state index contributed by atoms with van der Waals surface area (Å²) in [4.78, 5) is 19.5. The van der Waals surface area contributed by atoms with E-state index in [0.29, 0.717) is 13.1 Å². The lowest BCUT2D eigenvalue weighted by molar-refractivity contribution is -0.117. The number of carbonyl (C=O) groups excluding carboxylic acids is 1. The topological polar surface area (TPSA) is 76.2 Å². The van der Waals surface area contributed by atoms with Gasteiger partial charge in [-0.15, -0.1) is 11.3 Å². The molecule has 0 saturated carbocycles. The summed E-state index contributed by atoms with van der Waals surface area (Å²) in [7, 11) is 1.94. The summed E-state index contributed by atoms with van der Waals surface area (Å²) >= 11 is 1.61. The molecule has 0 saturated heterocycles. The van der Waals surface area contributed by atoms with Crippen molar-refractivity contribution in [1.82, 2.24) is 19.6 Å². The summed E-state index contributed by atoms with van der Waals surface area (Å²) in [6, 6.07) is 8.23. The van der Waals surface area contributed by atoms with Crippen LogP contribution in [0.2, 0.25) is 0 Å². The molecule has 0 aliphatic heterocycles. The van der Waals surface area contributed by atoms with Crippen LogP contribution >= 0.6 is 11.3 Å². The summed E-state index contributed by atoms with van der Waals surface area (Å²) in [5.74, 6) is 1.53. The van der Waals surface area contributed by atoms with Crippen molar-refractivity contribution >= 4 is 22.9 Å². The summed E-state index contributed by atoms with van der Waals surface area (Å²) in [6.07, 6.45) is 0. The van der Waals surface area contributed by atoms with Crippen molar-refractivity contribution in [2.45, 2.75) is 48.1 Å². The van der Waals surface area contributed by atoms with E-state index in [9.17, 15) is 4.79 Å². The van der Waals surface area contributed by atoms with Crippen LogP contribution in [0.25, 0.3) is 17.1 Å². The molecule has 4 aromatic rings. The van der Waals surface area contributed by atoms with Gasteiger partial charge in [0.2, 0.25) is 5.91 Å². The summed E-state index contributed by atoms with van der Waals surface area (Å²) in [5.41, 5.74) is 8.41. The molecule has 8 heteroatoms. The van der Waals surface area contributed by atoms with Gasteiger partial charge in [0.1, 0.15) is 10.8 Å². The maximum Gasteiger partial charge on any atom is 0.238 e. The standard InChI is InChI=1S/C26H31N5O2S/c1-15-8-16(2)26(17(3)9-15)28-24(32)12-30(7)13-25-27-22(14-34-25)21-10-18(4)31(20(21)6)23-11-19(5)33-29-23/h8-11,14H,12-13H2,1-7H3,(H,28,32). The Morgan fingerprint density at radius 1 is 1.09 bits per heavy atom. The molecular formula is C26H31N5O2S. The number of hydrogen-bond acceptors (Lipinski definition) is 6. The van der Waals surface area contributed by atoms with E-state index in [0.717, 1.165) is 56.0 Å². The Bertz CT molecular complexity index is 1320. The zero-order valence-electron chi connectivity index (χ0n) is 20.8. The summed E-state index contributed by atoms with van der Waals surface area (Å²) < 4.78 is 7.34. The van der Waals surface area contributed by atoms with Gasteiger partial charge in [-0.1, -0.05) is 22.9 Å². The Morgan fingerprint density at radius 2 is 1.79 bits per heavy atom. The van der Waals surface area contributed by atoms with Crippen molar-refractivity contribution in [2.24, 2.45) is 0 Å². The van der Waals surface area contributed by atoms with Crippen LogP contribution < -0.4 is 5.32 Å². The highest BCUT2D eigenvalue weighted by Gasteiger charge is 2.18. The van der Waals surface area contributed by atoms with E-state index in [1.807, 2.05) is 38.8 Å². The highest BCUT2D eigenvalue weighted by Crippen LogP contribution is 2.30. The maximum atomic E-state index is 12.7. The first-order valence-electron chi connectivity index (χ1n) is 11.3. The molecule has 0 radical (unpaired) electrons. The van der Waals surface area contributed by atoms with Crippen LogP contribution in [0.5, 0.6) is 0 Å². The van der Waals surface area contributed by atoms with Gasteiger partial charge in [0.15, 0.2) is 5.82 Å². The van der Waals surface area contributed by atoms with Gasteiger partial charge in [0.25, 0.3) is 0 Å². The van der Waals surface area contributed by atoms with Gasteiger partial charge < -0.3 is 9.84 Å². The number of aryl methyl sites for hydroxylation is 5. The predicted octanol–water partition coefficient (Wildman–Crippen LogP) is 5.51. The van der Waals surface area contributed by atoms with Crippen LogP contribution in [0.4, 0.5) is 5.69 Å². The largest absolute Gasteiger partial charge is 0.360 e. The summed E-state index contributed by atoms with van der Waals surface area (Å²) in [6.45, 7) is 13.0. The van der Waals surface area contributed by atoms with Gasteiger partial charge in [0.05, 0.1) is 18.8 Å². The molecule has 0 fully saturated rings. The van der Waals surface area contributed by atoms with Gasteiger partial charge >= 0.3 is 0 Å². The highest BCUT2D eigenvalue weighted by atomic mass is 32.1. The third kappa shape index (κ3) is 4.98. The predicted molar refractivity (Wildman–Crippen MR) is 137 cm³/mol. The molecule has 178 valence electrons. The van der Waals surface area contributed by atoms with E-state index in [1.54, 1.807) is 11.3 Å². The second kappa shape index (κ2) is 9.56. The molecule has 0 spiro atoms. The number of carbonyl (C=O) groups is 1. The van der Waals surface area contributed by atoms with Gasteiger partial charge in [-0.25, -0.2) is 4.98 Å². The van der Waals surface area contributed by atoms with Crippen LogP contribution in [0.15, 0.2) is 34.2 Å². The minimum atomic E-state index is -0.0271. The van der Waals surface area contributed by atoms with Gasteiger partial charge in [-0.3, -0.25) is 14.3 Å². The van der Waals surface area contributed by atoms with E-state index in [1.165, 1.54) is 5.56 Å². The molecule has 3 heterocycles.